The highest BCUT2D eigenvalue weighted by atomic mass is 16.5. The van der Waals surface area contributed by atoms with Gasteiger partial charge in [-0.1, -0.05) is 30.3 Å². The summed E-state index contributed by atoms with van der Waals surface area (Å²) >= 11 is 0. The van der Waals surface area contributed by atoms with Crippen LogP contribution in [0.4, 0.5) is 0 Å². The van der Waals surface area contributed by atoms with Crippen LogP contribution in [-0.2, 0) is 20.7 Å². The van der Waals surface area contributed by atoms with Gasteiger partial charge in [0.25, 0.3) is 5.91 Å². The molecular formula is C17H26N2O3. The molecule has 1 aromatic rings. The van der Waals surface area contributed by atoms with E-state index in [0.29, 0.717) is 26.3 Å². The lowest BCUT2D eigenvalue weighted by molar-refractivity contribution is -0.145. The van der Waals surface area contributed by atoms with Crippen LogP contribution in [-0.4, -0.2) is 63.4 Å². The second-order valence-corrected chi connectivity index (χ2v) is 5.47. The number of benzene rings is 1. The Balaban J connectivity index is 1.83. The summed E-state index contributed by atoms with van der Waals surface area (Å²) in [6, 6.07) is 10.4. The first kappa shape index (κ1) is 16.9. The van der Waals surface area contributed by atoms with E-state index < -0.39 is 0 Å². The first-order valence-electron chi connectivity index (χ1n) is 7.95. The van der Waals surface area contributed by atoms with Crippen molar-refractivity contribution in [3.05, 3.63) is 35.9 Å². The third-order valence-electron chi connectivity index (χ3n) is 3.82. The first-order valence-corrected chi connectivity index (χ1v) is 7.95. The molecular weight excluding hydrogens is 280 g/mol. The Bertz CT molecular complexity index is 433. The number of methoxy groups -OCH3 is 1. The maximum atomic E-state index is 12.6. The molecule has 0 saturated carbocycles. The molecule has 1 saturated heterocycles. The predicted octanol–water partition coefficient (Wildman–Crippen LogP) is 1.08. The summed E-state index contributed by atoms with van der Waals surface area (Å²) in [6.07, 6.45) is 1.56. The normalized spacial score (nSPS) is 18.1. The van der Waals surface area contributed by atoms with Crippen LogP contribution in [0.15, 0.2) is 30.3 Å². The van der Waals surface area contributed by atoms with Gasteiger partial charge in [0.1, 0.15) is 6.10 Å². The van der Waals surface area contributed by atoms with Crippen LogP contribution in [0.25, 0.3) is 0 Å². The monoisotopic (exact) mass is 306 g/mol. The summed E-state index contributed by atoms with van der Waals surface area (Å²) in [5, 5.41) is 3.20. The quantitative estimate of drug-likeness (QED) is 0.781. The molecule has 0 radical (unpaired) electrons. The fourth-order valence-corrected chi connectivity index (χ4v) is 2.58. The van der Waals surface area contributed by atoms with Crippen molar-refractivity contribution < 1.29 is 14.3 Å². The lowest BCUT2D eigenvalue weighted by Crippen LogP contribution is -2.50. The van der Waals surface area contributed by atoms with E-state index in [-0.39, 0.29) is 12.0 Å². The van der Waals surface area contributed by atoms with E-state index in [0.717, 1.165) is 25.9 Å². The van der Waals surface area contributed by atoms with Crippen LogP contribution >= 0.6 is 0 Å². The zero-order valence-electron chi connectivity index (χ0n) is 13.3. The number of hydrogen-bond donors (Lipinski definition) is 1. The molecule has 0 spiro atoms. The van der Waals surface area contributed by atoms with E-state index in [1.807, 2.05) is 23.1 Å². The van der Waals surface area contributed by atoms with E-state index in [2.05, 4.69) is 17.4 Å². The number of hydrogen-bond acceptors (Lipinski definition) is 4. The van der Waals surface area contributed by atoms with Crippen molar-refractivity contribution in [2.24, 2.45) is 0 Å². The highest BCUT2D eigenvalue weighted by molar-refractivity contribution is 5.81. The van der Waals surface area contributed by atoms with E-state index in [9.17, 15) is 4.79 Å². The summed E-state index contributed by atoms with van der Waals surface area (Å²) in [7, 11) is 1.66. The molecule has 1 atom stereocenters. The maximum absolute atomic E-state index is 12.6. The first-order chi connectivity index (χ1) is 10.8. The Morgan fingerprint density at radius 3 is 2.86 bits per heavy atom. The zero-order chi connectivity index (χ0) is 15.6. The average molecular weight is 306 g/mol. The Labute approximate surface area is 132 Å². The van der Waals surface area contributed by atoms with Crippen LogP contribution in [0.5, 0.6) is 0 Å². The van der Waals surface area contributed by atoms with E-state index >= 15 is 0 Å². The third-order valence-corrected chi connectivity index (χ3v) is 3.82. The second-order valence-electron chi connectivity index (χ2n) is 5.47. The number of carbonyl (C=O) groups is 1. The van der Waals surface area contributed by atoms with Crippen molar-refractivity contribution in [3.8, 4) is 0 Å². The molecule has 5 heteroatoms. The third kappa shape index (κ3) is 5.40. The Hall–Kier alpha value is -1.43. The molecule has 0 bridgehead atoms. The van der Waals surface area contributed by atoms with Gasteiger partial charge in [0.15, 0.2) is 0 Å². The highest BCUT2D eigenvalue weighted by Crippen LogP contribution is 2.07. The molecule has 5 nitrogen and oxygen atoms in total. The minimum Gasteiger partial charge on any atom is -0.383 e. The van der Waals surface area contributed by atoms with Gasteiger partial charge in [0.05, 0.1) is 13.2 Å². The molecule has 0 aliphatic carbocycles. The number of amides is 1. The van der Waals surface area contributed by atoms with E-state index in [1.165, 1.54) is 5.56 Å². The van der Waals surface area contributed by atoms with Crippen molar-refractivity contribution >= 4 is 5.91 Å². The number of carbonyl (C=O) groups excluding carboxylic acids is 1. The predicted molar refractivity (Wildman–Crippen MR) is 85.8 cm³/mol. The molecule has 0 aromatic heterocycles. The minimum atomic E-state index is -0.359. The van der Waals surface area contributed by atoms with Crippen molar-refractivity contribution in [1.82, 2.24) is 10.2 Å². The number of nitrogens with zero attached hydrogens (tertiary/aromatic N) is 1. The standard InChI is InChI=1S/C17H26N2O3/c1-21-13-11-19(17(20)16-14-18-9-12-22-16)10-5-8-15-6-3-2-4-7-15/h2-4,6-7,16,18H,5,8-14H2,1H3. The zero-order valence-corrected chi connectivity index (χ0v) is 13.3. The molecule has 1 unspecified atom stereocenters. The van der Waals surface area contributed by atoms with Crippen LogP contribution in [0.1, 0.15) is 12.0 Å². The van der Waals surface area contributed by atoms with Crippen LogP contribution < -0.4 is 5.32 Å². The van der Waals surface area contributed by atoms with Crippen LogP contribution in [0.2, 0.25) is 0 Å². The minimum absolute atomic E-state index is 0.0670. The molecule has 1 aliphatic rings. The fourth-order valence-electron chi connectivity index (χ4n) is 2.58. The highest BCUT2D eigenvalue weighted by Gasteiger charge is 2.26. The average Bonchev–Trinajstić information content (AvgIpc) is 2.59. The van der Waals surface area contributed by atoms with Crippen LogP contribution in [0, 0.1) is 0 Å². The Morgan fingerprint density at radius 2 is 2.18 bits per heavy atom. The second kappa shape index (κ2) is 9.56. The summed E-state index contributed by atoms with van der Waals surface area (Å²) in [5.74, 6) is 0.0670. The molecule has 1 amide bonds. The van der Waals surface area contributed by atoms with Gasteiger partial charge < -0.3 is 19.7 Å². The molecule has 2 rings (SSSR count). The topological polar surface area (TPSA) is 50.8 Å². The van der Waals surface area contributed by atoms with Gasteiger partial charge in [-0.15, -0.1) is 0 Å². The van der Waals surface area contributed by atoms with Gasteiger partial charge in [-0.05, 0) is 18.4 Å². The molecule has 1 fully saturated rings. The number of morpholine rings is 1. The molecule has 22 heavy (non-hydrogen) atoms. The van der Waals surface area contributed by atoms with Crippen molar-refractivity contribution in [3.63, 3.8) is 0 Å². The van der Waals surface area contributed by atoms with Crippen molar-refractivity contribution in [2.75, 3.05) is 46.5 Å². The Kier molecular flexibility index (Phi) is 7.36. The molecule has 122 valence electrons. The largest absolute Gasteiger partial charge is 0.383 e. The summed E-state index contributed by atoms with van der Waals surface area (Å²) in [4.78, 5) is 14.4. The number of nitrogens with one attached hydrogen (secondary N) is 1. The van der Waals surface area contributed by atoms with E-state index in [1.54, 1.807) is 7.11 Å². The van der Waals surface area contributed by atoms with Crippen molar-refractivity contribution in [2.45, 2.75) is 18.9 Å². The Morgan fingerprint density at radius 1 is 1.36 bits per heavy atom. The van der Waals surface area contributed by atoms with Gasteiger partial charge in [0.2, 0.25) is 0 Å². The SMILES string of the molecule is COCCN(CCCc1ccccc1)C(=O)C1CNCCO1. The maximum Gasteiger partial charge on any atom is 0.253 e. The van der Waals surface area contributed by atoms with Crippen molar-refractivity contribution in [1.29, 1.82) is 0 Å². The van der Waals surface area contributed by atoms with Gasteiger partial charge in [0, 0.05) is 33.3 Å². The lowest BCUT2D eigenvalue weighted by Gasteiger charge is -2.29. The number of rotatable bonds is 8. The van der Waals surface area contributed by atoms with E-state index in [4.69, 9.17) is 9.47 Å². The summed E-state index contributed by atoms with van der Waals surface area (Å²) in [5.41, 5.74) is 1.30. The van der Waals surface area contributed by atoms with Gasteiger partial charge >= 0.3 is 0 Å². The summed E-state index contributed by atoms with van der Waals surface area (Å²) < 4.78 is 10.7. The van der Waals surface area contributed by atoms with Gasteiger partial charge in [-0.2, -0.15) is 0 Å². The summed E-state index contributed by atoms with van der Waals surface area (Å²) in [6.45, 7) is 3.91. The molecule has 1 heterocycles. The molecule has 1 aliphatic heterocycles. The number of aryl methyl sites for hydroxylation is 1. The van der Waals surface area contributed by atoms with Gasteiger partial charge in [-0.3, -0.25) is 4.79 Å². The molecule has 1 aromatic carbocycles. The fraction of sp³-hybridized carbons (Fsp3) is 0.588. The molecule has 1 N–H and O–H groups in total. The smallest absolute Gasteiger partial charge is 0.253 e. The van der Waals surface area contributed by atoms with Gasteiger partial charge in [-0.25, -0.2) is 0 Å². The number of ether oxygens (including phenoxy) is 2. The van der Waals surface area contributed by atoms with Crippen LogP contribution in [0.3, 0.4) is 0 Å². The lowest BCUT2D eigenvalue weighted by atomic mass is 10.1.